The Balaban J connectivity index is 1.41. The molecule has 1 aliphatic rings. The Kier molecular flexibility index (Phi) is 8.27. The van der Waals surface area contributed by atoms with E-state index in [1.54, 1.807) is 0 Å². The van der Waals surface area contributed by atoms with E-state index < -0.39 is 0 Å². The molecule has 0 amide bonds. The van der Waals surface area contributed by atoms with E-state index >= 15 is 0 Å². The fraction of sp³-hybridized carbons (Fsp3) is 0.306. The summed E-state index contributed by atoms with van der Waals surface area (Å²) in [6.45, 7) is 8.98. The fourth-order valence-corrected chi connectivity index (χ4v) is 8.31. The van der Waals surface area contributed by atoms with Gasteiger partial charge in [-0.25, -0.2) is 0 Å². The Labute approximate surface area is 247 Å². The molecule has 0 fully saturated rings. The first-order valence-electron chi connectivity index (χ1n) is 14.9. The molecule has 0 unspecified atom stereocenters. The molecule has 0 saturated heterocycles. The third kappa shape index (κ3) is 5.32. The molecule has 0 bridgehead atoms. The molecule has 0 saturated carbocycles. The predicted molar refractivity (Wildman–Crippen MR) is 177 cm³/mol. The summed E-state index contributed by atoms with van der Waals surface area (Å²) in [6, 6.07) is 26.9. The van der Waals surface area contributed by atoms with Crippen molar-refractivity contribution in [1.82, 2.24) is 0 Å². The van der Waals surface area contributed by atoms with Gasteiger partial charge in [0, 0.05) is 29.3 Å². The standard InChI is InChI=1S/C36H39N2S2/c1-4-6-12-22-37-33(39-31-20-18-27-14-8-10-16-29(27)35(31)37)24-26(3)25-34-38(23-13-7-5-2)36-30-17-11-9-15-28(30)19-21-32(36)40-34/h8-11,14-21,24-25H,4-7,12-13,22-23H2,1-3H3/q+1. The highest BCUT2D eigenvalue weighted by atomic mass is 32.2. The van der Waals surface area contributed by atoms with Crippen molar-refractivity contribution in [2.75, 3.05) is 11.4 Å². The van der Waals surface area contributed by atoms with Gasteiger partial charge in [0.2, 0.25) is 5.52 Å². The number of rotatable bonds is 10. The lowest BCUT2D eigenvalue weighted by Crippen LogP contribution is -2.35. The van der Waals surface area contributed by atoms with E-state index in [2.05, 4.69) is 115 Å². The van der Waals surface area contributed by atoms with Crippen LogP contribution in [0.4, 0.5) is 5.69 Å². The number of hydrogen-bond acceptors (Lipinski definition) is 3. The van der Waals surface area contributed by atoms with Crippen molar-refractivity contribution >= 4 is 66.6 Å². The first-order valence-corrected chi connectivity index (χ1v) is 16.5. The molecule has 1 aliphatic heterocycles. The number of allylic oxidation sites excluding steroid dienone is 2. The van der Waals surface area contributed by atoms with E-state index in [0.29, 0.717) is 0 Å². The molecule has 204 valence electrons. The summed E-state index contributed by atoms with van der Waals surface area (Å²) >= 11 is 3.85. The lowest BCUT2D eigenvalue weighted by Gasteiger charge is -2.22. The van der Waals surface area contributed by atoms with Crippen molar-refractivity contribution in [2.24, 2.45) is 0 Å². The number of nitrogens with zero attached hydrogens (tertiary/aromatic N) is 2. The molecule has 4 heteroatoms. The molecule has 40 heavy (non-hydrogen) atoms. The van der Waals surface area contributed by atoms with Crippen LogP contribution in [0.5, 0.6) is 0 Å². The summed E-state index contributed by atoms with van der Waals surface area (Å²) in [5.74, 6) is 0. The maximum Gasteiger partial charge on any atom is 0.263 e. The zero-order chi connectivity index (χ0) is 27.5. The SMILES string of the molecule is CCCCCN1/C(=C/C(C)=C/c2sc3ccc4ccccc4c3[n+]2CCCCC)Sc2ccc3ccccc3c21. The van der Waals surface area contributed by atoms with Crippen molar-refractivity contribution in [3.63, 3.8) is 0 Å². The molecule has 0 spiro atoms. The molecule has 0 N–H and O–H groups in total. The molecular weight excluding hydrogens is 525 g/mol. The summed E-state index contributed by atoms with van der Waals surface area (Å²) < 4.78 is 3.96. The number of aryl methyl sites for hydroxylation is 1. The van der Waals surface area contributed by atoms with Gasteiger partial charge in [0.1, 0.15) is 4.70 Å². The molecule has 1 aromatic heterocycles. The smallest absolute Gasteiger partial charge is 0.263 e. The Hall–Kier alpha value is -3.08. The van der Waals surface area contributed by atoms with Gasteiger partial charge in [-0.1, -0.05) is 111 Å². The van der Waals surface area contributed by atoms with Crippen molar-refractivity contribution in [2.45, 2.75) is 70.7 Å². The molecule has 2 heterocycles. The Morgan fingerprint density at radius 1 is 0.800 bits per heavy atom. The monoisotopic (exact) mass is 563 g/mol. The summed E-state index contributed by atoms with van der Waals surface area (Å²) in [5.41, 5.74) is 4.09. The minimum absolute atomic E-state index is 1.06. The topological polar surface area (TPSA) is 7.12 Å². The quantitative estimate of drug-likeness (QED) is 0.123. The van der Waals surface area contributed by atoms with Gasteiger partial charge in [-0.15, -0.1) is 0 Å². The van der Waals surface area contributed by atoms with Gasteiger partial charge in [-0.2, -0.15) is 4.57 Å². The highest BCUT2D eigenvalue weighted by molar-refractivity contribution is 8.03. The molecule has 2 nitrogen and oxygen atoms in total. The van der Waals surface area contributed by atoms with E-state index in [1.165, 1.54) is 96.5 Å². The Morgan fingerprint density at radius 2 is 1.50 bits per heavy atom. The van der Waals surface area contributed by atoms with Crippen LogP contribution in [-0.2, 0) is 6.54 Å². The van der Waals surface area contributed by atoms with E-state index in [9.17, 15) is 0 Å². The molecule has 0 radical (unpaired) electrons. The first-order chi connectivity index (χ1) is 19.7. The zero-order valence-corrected chi connectivity index (χ0v) is 25.6. The number of unbranched alkanes of at least 4 members (excludes halogenated alkanes) is 4. The van der Waals surface area contributed by atoms with Crippen LogP contribution >= 0.6 is 23.1 Å². The Bertz CT molecular complexity index is 1730. The highest BCUT2D eigenvalue weighted by Crippen LogP contribution is 2.50. The number of thiazole rings is 1. The minimum atomic E-state index is 1.06. The average molecular weight is 564 g/mol. The molecule has 5 aromatic rings. The summed E-state index contributed by atoms with van der Waals surface area (Å²) in [4.78, 5) is 3.96. The van der Waals surface area contributed by atoms with Crippen LogP contribution in [0.1, 0.15) is 64.3 Å². The third-order valence-corrected chi connectivity index (χ3v) is 10.1. The number of fused-ring (bicyclic) bond motifs is 6. The maximum atomic E-state index is 2.59. The number of anilines is 1. The fourth-order valence-electron chi connectivity index (χ4n) is 5.88. The number of thioether (sulfide) groups is 1. The second kappa shape index (κ2) is 12.2. The van der Waals surface area contributed by atoms with Crippen molar-refractivity contribution < 1.29 is 4.57 Å². The number of benzene rings is 4. The van der Waals surface area contributed by atoms with Crippen molar-refractivity contribution in [3.05, 3.63) is 94.5 Å². The Morgan fingerprint density at radius 3 is 2.30 bits per heavy atom. The first kappa shape index (κ1) is 27.1. The van der Waals surface area contributed by atoms with Crippen LogP contribution < -0.4 is 9.47 Å². The van der Waals surface area contributed by atoms with Crippen LogP contribution in [0.3, 0.4) is 0 Å². The lowest BCUT2D eigenvalue weighted by atomic mass is 10.1. The van der Waals surface area contributed by atoms with Crippen LogP contribution in [0.25, 0.3) is 37.8 Å². The second-order valence-electron chi connectivity index (χ2n) is 10.9. The second-order valence-corrected chi connectivity index (χ2v) is 13.0. The maximum absolute atomic E-state index is 2.59. The number of aromatic nitrogens is 1. The van der Waals surface area contributed by atoms with Gasteiger partial charge in [0.05, 0.1) is 16.1 Å². The molecule has 4 aromatic carbocycles. The zero-order valence-electron chi connectivity index (χ0n) is 24.0. The largest absolute Gasteiger partial charge is 0.335 e. The number of hydrogen-bond donors (Lipinski definition) is 0. The normalized spacial score (nSPS) is 14.7. The van der Waals surface area contributed by atoms with Crippen LogP contribution in [-0.4, -0.2) is 6.54 Å². The van der Waals surface area contributed by atoms with Crippen molar-refractivity contribution in [1.29, 1.82) is 0 Å². The molecule has 6 rings (SSSR count). The summed E-state index contributed by atoms with van der Waals surface area (Å²) in [7, 11) is 0. The van der Waals surface area contributed by atoms with Crippen LogP contribution in [0.15, 0.2) is 94.4 Å². The van der Waals surface area contributed by atoms with Gasteiger partial charge in [-0.05, 0) is 60.4 Å². The molecule has 0 aliphatic carbocycles. The van der Waals surface area contributed by atoms with Gasteiger partial charge < -0.3 is 4.90 Å². The summed E-state index contributed by atoms with van der Waals surface area (Å²) in [5, 5.41) is 8.06. The van der Waals surface area contributed by atoms with Gasteiger partial charge in [-0.3, -0.25) is 0 Å². The average Bonchev–Trinajstić information content (AvgIpc) is 3.50. The van der Waals surface area contributed by atoms with Gasteiger partial charge in [0.25, 0.3) is 5.01 Å². The highest BCUT2D eigenvalue weighted by Gasteiger charge is 2.27. The predicted octanol–water partition coefficient (Wildman–Crippen LogP) is 10.7. The van der Waals surface area contributed by atoms with Crippen molar-refractivity contribution in [3.8, 4) is 0 Å². The van der Waals surface area contributed by atoms with E-state index in [1.807, 2.05) is 23.1 Å². The van der Waals surface area contributed by atoms with Gasteiger partial charge >= 0.3 is 0 Å². The minimum Gasteiger partial charge on any atom is -0.335 e. The molecular formula is C36H39N2S2+. The summed E-state index contributed by atoms with van der Waals surface area (Å²) in [6.07, 6.45) is 12.3. The van der Waals surface area contributed by atoms with E-state index in [0.717, 1.165) is 13.1 Å². The van der Waals surface area contributed by atoms with E-state index in [4.69, 9.17) is 0 Å². The van der Waals surface area contributed by atoms with Crippen LogP contribution in [0.2, 0.25) is 0 Å². The van der Waals surface area contributed by atoms with Crippen LogP contribution in [0, 0.1) is 0 Å². The van der Waals surface area contributed by atoms with E-state index in [-0.39, 0.29) is 0 Å². The molecule has 0 atom stereocenters. The third-order valence-electron chi connectivity index (χ3n) is 7.90. The van der Waals surface area contributed by atoms with Gasteiger partial charge in [0.15, 0.2) is 6.54 Å². The lowest BCUT2D eigenvalue weighted by molar-refractivity contribution is -0.668.